The number of allylic oxidation sites excluding steroid dienone is 2. The number of aliphatic hydroxyl groups excluding tert-OH is 2. The summed E-state index contributed by atoms with van der Waals surface area (Å²) in [6.07, 6.45) is 5.82. The van der Waals surface area contributed by atoms with E-state index in [1.165, 1.54) is 6.08 Å². The van der Waals surface area contributed by atoms with E-state index in [-0.39, 0.29) is 17.8 Å². The van der Waals surface area contributed by atoms with Crippen LogP contribution in [0.2, 0.25) is 0 Å². The maximum atomic E-state index is 12.3. The smallest absolute Gasteiger partial charge is 0.336 e. The third kappa shape index (κ3) is 4.51. The topological polar surface area (TPSA) is 93.1 Å². The predicted molar refractivity (Wildman–Crippen MR) is 96.0 cm³/mol. The van der Waals surface area contributed by atoms with E-state index in [0.29, 0.717) is 12.8 Å². The van der Waals surface area contributed by atoms with E-state index < -0.39 is 36.7 Å². The molecule has 3 atom stereocenters. The van der Waals surface area contributed by atoms with Crippen LogP contribution in [-0.4, -0.2) is 47.6 Å². The Morgan fingerprint density at radius 2 is 2.19 bits per heavy atom. The molecule has 0 bridgehead atoms. The highest BCUT2D eigenvalue weighted by molar-refractivity contribution is 5.92. The molecule has 1 aliphatic heterocycles. The van der Waals surface area contributed by atoms with Gasteiger partial charge < -0.3 is 19.7 Å². The minimum absolute atomic E-state index is 0.127. The van der Waals surface area contributed by atoms with Crippen molar-refractivity contribution in [2.45, 2.75) is 45.3 Å². The number of hydrogen-bond donors (Lipinski definition) is 2. The van der Waals surface area contributed by atoms with Crippen LogP contribution >= 0.6 is 0 Å². The highest BCUT2D eigenvalue weighted by Gasteiger charge is 2.44. The fraction of sp³-hybridized carbons (Fsp3) is 0.500. The van der Waals surface area contributed by atoms with Crippen molar-refractivity contribution in [2.24, 2.45) is 5.92 Å². The van der Waals surface area contributed by atoms with E-state index in [0.717, 1.165) is 17.6 Å². The number of carbonyl (C=O) groups is 2. The van der Waals surface area contributed by atoms with Crippen LogP contribution in [0.3, 0.4) is 0 Å². The maximum absolute atomic E-state index is 12.3. The maximum Gasteiger partial charge on any atom is 0.336 e. The molecular formula is C20H26O6. The van der Waals surface area contributed by atoms with Crippen molar-refractivity contribution in [1.29, 1.82) is 0 Å². The summed E-state index contributed by atoms with van der Waals surface area (Å²) in [7, 11) is 0. The minimum Gasteiger partial charge on any atom is -0.458 e. The van der Waals surface area contributed by atoms with Crippen LogP contribution in [0.15, 0.2) is 47.1 Å². The van der Waals surface area contributed by atoms with Gasteiger partial charge in [-0.3, -0.25) is 0 Å². The van der Waals surface area contributed by atoms with Crippen molar-refractivity contribution in [3.05, 3.63) is 47.1 Å². The van der Waals surface area contributed by atoms with Gasteiger partial charge in [-0.1, -0.05) is 24.3 Å². The Morgan fingerprint density at radius 3 is 2.81 bits per heavy atom. The van der Waals surface area contributed by atoms with Crippen LogP contribution in [0.4, 0.5) is 0 Å². The summed E-state index contributed by atoms with van der Waals surface area (Å²) < 4.78 is 11.0. The lowest BCUT2D eigenvalue weighted by Crippen LogP contribution is -2.34. The zero-order chi connectivity index (χ0) is 19.3. The first kappa shape index (κ1) is 20.1. The van der Waals surface area contributed by atoms with Crippen LogP contribution in [0, 0.1) is 5.92 Å². The Labute approximate surface area is 153 Å². The van der Waals surface area contributed by atoms with E-state index in [1.807, 2.05) is 13.0 Å². The zero-order valence-electron chi connectivity index (χ0n) is 15.2. The van der Waals surface area contributed by atoms with E-state index in [1.54, 1.807) is 13.0 Å². The molecule has 0 aromatic heterocycles. The number of rotatable bonds is 4. The van der Waals surface area contributed by atoms with E-state index >= 15 is 0 Å². The first-order valence-electron chi connectivity index (χ1n) is 8.74. The van der Waals surface area contributed by atoms with Crippen LogP contribution in [0.25, 0.3) is 0 Å². The molecular weight excluding hydrogens is 336 g/mol. The molecule has 2 rings (SSSR count). The molecule has 0 amide bonds. The van der Waals surface area contributed by atoms with Crippen LogP contribution in [0.5, 0.6) is 0 Å². The fourth-order valence-electron chi connectivity index (χ4n) is 3.26. The zero-order valence-corrected chi connectivity index (χ0v) is 15.2. The number of esters is 2. The molecule has 1 fully saturated rings. The first-order valence-corrected chi connectivity index (χ1v) is 8.74. The molecule has 0 spiro atoms. The molecule has 2 N–H and O–H groups in total. The number of hydrogen-bond acceptors (Lipinski definition) is 6. The van der Waals surface area contributed by atoms with Gasteiger partial charge in [0.15, 0.2) is 0 Å². The summed E-state index contributed by atoms with van der Waals surface area (Å²) in [5, 5.41) is 18.9. The molecule has 3 unspecified atom stereocenters. The molecule has 142 valence electrons. The highest BCUT2D eigenvalue weighted by Crippen LogP contribution is 2.36. The van der Waals surface area contributed by atoms with Crippen molar-refractivity contribution in [1.82, 2.24) is 0 Å². The van der Waals surface area contributed by atoms with Gasteiger partial charge >= 0.3 is 11.9 Å². The van der Waals surface area contributed by atoms with Crippen LogP contribution in [0.1, 0.15) is 33.1 Å². The number of aliphatic hydroxyl groups is 2. The highest BCUT2D eigenvalue weighted by atomic mass is 16.6. The second-order valence-corrected chi connectivity index (χ2v) is 6.61. The quantitative estimate of drug-likeness (QED) is 0.451. The predicted octanol–water partition coefficient (Wildman–Crippen LogP) is 1.98. The monoisotopic (exact) mass is 362 g/mol. The molecule has 6 nitrogen and oxygen atoms in total. The van der Waals surface area contributed by atoms with Gasteiger partial charge in [0, 0.05) is 12.0 Å². The Morgan fingerprint density at radius 1 is 1.46 bits per heavy atom. The SMILES string of the molecule is C=C1C(=O)OC2C=C(CO)CCC=C(C)CC(OC(=O)C(=CC)CO)C12. The Kier molecular flexibility index (Phi) is 6.94. The lowest BCUT2D eigenvalue weighted by atomic mass is 9.85. The molecule has 0 radical (unpaired) electrons. The summed E-state index contributed by atoms with van der Waals surface area (Å²) in [5.41, 5.74) is 2.19. The summed E-state index contributed by atoms with van der Waals surface area (Å²) in [6, 6.07) is 0. The lowest BCUT2D eigenvalue weighted by molar-refractivity contribution is -0.147. The van der Waals surface area contributed by atoms with Crippen molar-refractivity contribution in [3.8, 4) is 0 Å². The Hall–Kier alpha value is -2.18. The molecule has 0 saturated carbocycles. The van der Waals surface area contributed by atoms with Gasteiger partial charge in [-0.2, -0.15) is 0 Å². The Bertz CT molecular complexity index is 670. The second-order valence-electron chi connectivity index (χ2n) is 6.61. The summed E-state index contributed by atoms with van der Waals surface area (Å²) in [6.45, 7) is 6.85. The van der Waals surface area contributed by atoms with Gasteiger partial charge in [0.05, 0.1) is 24.7 Å². The van der Waals surface area contributed by atoms with Crippen LogP contribution in [-0.2, 0) is 19.1 Å². The minimum atomic E-state index is -0.654. The number of ether oxygens (including phenoxy) is 2. The number of fused-ring (bicyclic) bond motifs is 1. The second kappa shape index (κ2) is 8.96. The lowest BCUT2D eigenvalue weighted by Gasteiger charge is -2.27. The van der Waals surface area contributed by atoms with Gasteiger partial charge in [0.1, 0.15) is 12.2 Å². The standard InChI is InChI=1S/C20H26O6/c1-4-15(11-22)20(24)26-16-8-12(2)6-5-7-14(10-21)9-17-18(16)13(3)19(23)25-17/h4,6,9,16-18,21-22H,3,5,7-8,10-11H2,1-2H3. The molecule has 0 aromatic carbocycles. The van der Waals surface area contributed by atoms with Crippen molar-refractivity contribution >= 4 is 11.9 Å². The van der Waals surface area contributed by atoms with E-state index in [4.69, 9.17) is 9.47 Å². The molecule has 1 saturated heterocycles. The van der Waals surface area contributed by atoms with Crippen molar-refractivity contribution in [3.63, 3.8) is 0 Å². The van der Waals surface area contributed by atoms with Gasteiger partial charge in [-0.25, -0.2) is 9.59 Å². The molecule has 1 heterocycles. The summed E-state index contributed by atoms with van der Waals surface area (Å²) in [4.78, 5) is 24.4. The van der Waals surface area contributed by atoms with Crippen molar-refractivity contribution in [2.75, 3.05) is 13.2 Å². The Balaban J connectivity index is 2.39. The summed E-state index contributed by atoms with van der Waals surface area (Å²) >= 11 is 0. The largest absolute Gasteiger partial charge is 0.458 e. The van der Waals surface area contributed by atoms with E-state index in [2.05, 4.69) is 6.58 Å². The fourth-order valence-corrected chi connectivity index (χ4v) is 3.26. The third-order valence-electron chi connectivity index (χ3n) is 4.79. The summed E-state index contributed by atoms with van der Waals surface area (Å²) in [5.74, 6) is -1.68. The molecule has 6 heteroatoms. The molecule has 1 aliphatic carbocycles. The average Bonchev–Trinajstić information content (AvgIpc) is 2.88. The van der Waals surface area contributed by atoms with Gasteiger partial charge in [-0.15, -0.1) is 0 Å². The third-order valence-corrected chi connectivity index (χ3v) is 4.79. The number of carbonyl (C=O) groups excluding carboxylic acids is 2. The average molecular weight is 362 g/mol. The molecule has 2 aliphatic rings. The van der Waals surface area contributed by atoms with E-state index in [9.17, 15) is 19.8 Å². The van der Waals surface area contributed by atoms with Crippen LogP contribution < -0.4 is 0 Å². The molecule has 26 heavy (non-hydrogen) atoms. The normalized spacial score (nSPS) is 27.2. The van der Waals surface area contributed by atoms with Gasteiger partial charge in [-0.05, 0) is 38.3 Å². The van der Waals surface area contributed by atoms with Gasteiger partial charge in [0.2, 0.25) is 0 Å². The first-order chi connectivity index (χ1) is 12.4. The van der Waals surface area contributed by atoms with Crippen molar-refractivity contribution < 1.29 is 29.3 Å². The molecule has 0 aromatic rings. The van der Waals surface area contributed by atoms with Gasteiger partial charge in [0.25, 0.3) is 0 Å².